The molecular formula is C10H9ClN2O5S. The van der Waals surface area contributed by atoms with Gasteiger partial charge in [0.2, 0.25) is 15.9 Å². The molecule has 0 atom stereocenters. The highest BCUT2D eigenvalue weighted by Gasteiger charge is 2.11. The lowest BCUT2D eigenvalue weighted by Gasteiger charge is -2.06. The van der Waals surface area contributed by atoms with Crippen molar-refractivity contribution in [3.8, 4) is 0 Å². The summed E-state index contributed by atoms with van der Waals surface area (Å²) in [6.07, 6.45) is 1.40. The smallest absolute Gasteiger partial charge is 0.328 e. The van der Waals surface area contributed by atoms with E-state index in [-0.39, 0.29) is 15.6 Å². The molecule has 0 heterocycles. The van der Waals surface area contributed by atoms with Crippen molar-refractivity contribution in [1.29, 1.82) is 0 Å². The number of anilines is 1. The molecule has 0 aliphatic rings. The number of nitrogens with two attached hydrogens (primary N) is 1. The van der Waals surface area contributed by atoms with Crippen molar-refractivity contribution in [2.75, 3.05) is 5.32 Å². The zero-order valence-electron chi connectivity index (χ0n) is 9.33. The Hall–Kier alpha value is -1.90. The normalized spacial score (nSPS) is 11.5. The number of hydrogen-bond donors (Lipinski definition) is 3. The Morgan fingerprint density at radius 1 is 1.32 bits per heavy atom. The number of carboxylic acid groups (broad SMARTS) is 1. The summed E-state index contributed by atoms with van der Waals surface area (Å²) in [4.78, 5) is 21.3. The van der Waals surface area contributed by atoms with Crippen LogP contribution in [0.15, 0.2) is 35.2 Å². The third-order valence-corrected chi connectivity index (χ3v) is 3.14. The molecule has 1 amide bonds. The first-order valence-electron chi connectivity index (χ1n) is 4.74. The monoisotopic (exact) mass is 304 g/mol. The van der Waals surface area contributed by atoms with E-state index < -0.39 is 21.9 Å². The second kappa shape index (κ2) is 5.83. The summed E-state index contributed by atoms with van der Waals surface area (Å²) in [6, 6.07) is 3.50. The van der Waals surface area contributed by atoms with Crippen molar-refractivity contribution >= 4 is 39.2 Å². The zero-order valence-corrected chi connectivity index (χ0v) is 10.9. The highest BCUT2D eigenvalue weighted by Crippen LogP contribution is 2.24. The fourth-order valence-electron chi connectivity index (χ4n) is 1.10. The van der Waals surface area contributed by atoms with E-state index in [2.05, 4.69) is 5.32 Å². The first-order valence-corrected chi connectivity index (χ1v) is 6.67. The maximum Gasteiger partial charge on any atom is 0.328 e. The number of benzene rings is 1. The predicted molar refractivity (Wildman–Crippen MR) is 68.2 cm³/mol. The average Bonchev–Trinajstić information content (AvgIpc) is 2.28. The largest absolute Gasteiger partial charge is 0.478 e. The van der Waals surface area contributed by atoms with Gasteiger partial charge in [0.25, 0.3) is 0 Å². The van der Waals surface area contributed by atoms with Crippen LogP contribution in [0, 0.1) is 0 Å². The predicted octanol–water partition coefficient (Wildman–Crippen LogP) is 0.567. The summed E-state index contributed by atoms with van der Waals surface area (Å²) >= 11 is 5.76. The van der Waals surface area contributed by atoms with Crippen molar-refractivity contribution in [1.82, 2.24) is 0 Å². The first-order chi connectivity index (χ1) is 8.70. The van der Waals surface area contributed by atoms with Crippen molar-refractivity contribution in [3.63, 3.8) is 0 Å². The van der Waals surface area contributed by atoms with Crippen LogP contribution in [0.1, 0.15) is 0 Å². The number of halogens is 1. The Balaban J connectivity index is 3.01. The van der Waals surface area contributed by atoms with Gasteiger partial charge < -0.3 is 10.4 Å². The van der Waals surface area contributed by atoms with Crippen LogP contribution in [0.3, 0.4) is 0 Å². The van der Waals surface area contributed by atoms with Gasteiger partial charge in [0, 0.05) is 12.2 Å². The van der Waals surface area contributed by atoms with E-state index >= 15 is 0 Å². The van der Waals surface area contributed by atoms with Crippen LogP contribution in [-0.2, 0) is 19.6 Å². The SMILES string of the molecule is NS(=O)(=O)c1ccc(Cl)c(NC(=O)/C=C/C(=O)O)c1. The van der Waals surface area contributed by atoms with E-state index in [9.17, 15) is 18.0 Å². The summed E-state index contributed by atoms with van der Waals surface area (Å²) < 4.78 is 22.3. The molecule has 0 fully saturated rings. The Morgan fingerprint density at radius 3 is 2.47 bits per heavy atom. The van der Waals surface area contributed by atoms with Gasteiger partial charge in [0.15, 0.2) is 0 Å². The molecular weight excluding hydrogens is 296 g/mol. The van der Waals surface area contributed by atoms with Crippen LogP contribution in [-0.4, -0.2) is 25.4 Å². The van der Waals surface area contributed by atoms with E-state index in [0.29, 0.717) is 6.08 Å². The molecule has 9 heteroatoms. The summed E-state index contributed by atoms with van der Waals surface area (Å²) in [6.45, 7) is 0. The highest BCUT2D eigenvalue weighted by molar-refractivity contribution is 7.89. The fourth-order valence-corrected chi connectivity index (χ4v) is 1.80. The topological polar surface area (TPSA) is 127 Å². The molecule has 102 valence electrons. The second-order valence-corrected chi connectivity index (χ2v) is 5.32. The van der Waals surface area contributed by atoms with E-state index in [4.69, 9.17) is 21.8 Å². The molecule has 1 aromatic rings. The third kappa shape index (κ3) is 4.70. The van der Waals surface area contributed by atoms with Gasteiger partial charge in [-0.15, -0.1) is 0 Å². The van der Waals surface area contributed by atoms with E-state index in [1.54, 1.807) is 0 Å². The standard InChI is InChI=1S/C10H9ClN2O5S/c11-7-2-1-6(19(12,17)18)5-8(7)13-9(14)3-4-10(15)16/h1-5H,(H,13,14)(H,15,16)(H2,12,17,18)/b4-3+. The van der Waals surface area contributed by atoms with Gasteiger partial charge >= 0.3 is 5.97 Å². The molecule has 19 heavy (non-hydrogen) atoms. The number of amides is 1. The molecule has 1 aromatic carbocycles. The summed E-state index contributed by atoms with van der Waals surface area (Å²) in [5, 5.41) is 15.6. The number of rotatable bonds is 4. The quantitative estimate of drug-likeness (QED) is 0.701. The molecule has 0 saturated carbocycles. The van der Waals surface area contributed by atoms with Gasteiger partial charge in [-0.2, -0.15) is 0 Å². The maximum absolute atomic E-state index is 11.3. The zero-order chi connectivity index (χ0) is 14.6. The molecule has 4 N–H and O–H groups in total. The third-order valence-electron chi connectivity index (χ3n) is 1.90. The minimum absolute atomic E-state index is 0.00762. The number of hydrogen-bond acceptors (Lipinski definition) is 4. The Labute approximate surface area is 113 Å². The number of carbonyl (C=O) groups is 2. The maximum atomic E-state index is 11.3. The summed E-state index contributed by atoms with van der Waals surface area (Å²) in [7, 11) is -3.93. The molecule has 0 spiro atoms. The molecule has 0 saturated heterocycles. The summed E-state index contributed by atoms with van der Waals surface area (Å²) in [5.74, 6) is -2.06. The number of primary sulfonamides is 1. The molecule has 0 aromatic heterocycles. The van der Waals surface area contributed by atoms with Crippen molar-refractivity contribution in [3.05, 3.63) is 35.4 Å². The molecule has 0 radical (unpaired) electrons. The van der Waals surface area contributed by atoms with Gasteiger partial charge in [-0.25, -0.2) is 18.4 Å². The molecule has 7 nitrogen and oxygen atoms in total. The van der Waals surface area contributed by atoms with Crippen LogP contribution in [0.4, 0.5) is 5.69 Å². The van der Waals surface area contributed by atoms with Gasteiger partial charge in [0.05, 0.1) is 15.6 Å². The lowest BCUT2D eigenvalue weighted by molar-refractivity contribution is -0.131. The van der Waals surface area contributed by atoms with Crippen LogP contribution >= 0.6 is 11.6 Å². The number of carboxylic acids is 1. The molecule has 0 aliphatic carbocycles. The minimum Gasteiger partial charge on any atom is -0.478 e. The van der Waals surface area contributed by atoms with E-state index in [1.165, 1.54) is 12.1 Å². The molecule has 0 unspecified atom stereocenters. The first kappa shape index (κ1) is 15.2. The van der Waals surface area contributed by atoms with Crippen molar-refractivity contribution in [2.24, 2.45) is 5.14 Å². The minimum atomic E-state index is -3.93. The molecule has 0 aliphatic heterocycles. The van der Waals surface area contributed by atoms with Gasteiger partial charge in [-0.1, -0.05) is 11.6 Å². The molecule has 1 rings (SSSR count). The number of aliphatic carboxylic acids is 1. The Morgan fingerprint density at radius 2 is 1.95 bits per heavy atom. The highest BCUT2D eigenvalue weighted by atomic mass is 35.5. The second-order valence-electron chi connectivity index (χ2n) is 3.35. The molecule has 0 bridgehead atoms. The number of nitrogens with one attached hydrogen (secondary N) is 1. The van der Waals surface area contributed by atoms with Gasteiger partial charge in [0.1, 0.15) is 0 Å². The van der Waals surface area contributed by atoms with E-state index in [1.807, 2.05) is 0 Å². The fraction of sp³-hybridized carbons (Fsp3) is 0. The Kier molecular flexibility index (Phi) is 4.65. The van der Waals surface area contributed by atoms with Crippen molar-refractivity contribution in [2.45, 2.75) is 4.90 Å². The average molecular weight is 305 g/mol. The lowest BCUT2D eigenvalue weighted by atomic mass is 10.3. The summed E-state index contributed by atoms with van der Waals surface area (Å²) in [5.41, 5.74) is 0.00762. The lowest BCUT2D eigenvalue weighted by Crippen LogP contribution is -2.14. The van der Waals surface area contributed by atoms with Crippen LogP contribution in [0.25, 0.3) is 0 Å². The Bertz CT molecular complexity index is 654. The van der Waals surface area contributed by atoms with Crippen LogP contribution < -0.4 is 10.5 Å². The van der Waals surface area contributed by atoms with Gasteiger partial charge in [-0.05, 0) is 18.2 Å². The van der Waals surface area contributed by atoms with Crippen LogP contribution in [0.5, 0.6) is 0 Å². The van der Waals surface area contributed by atoms with Gasteiger partial charge in [-0.3, -0.25) is 4.79 Å². The number of carbonyl (C=O) groups excluding carboxylic acids is 1. The van der Waals surface area contributed by atoms with Crippen LogP contribution in [0.2, 0.25) is 5.02 Å². The van der Waals surface area contributed by atoms with E-state index in [0.717, 1.165) is 12.1 Å². The van der Waals surface area contributed by atoms with Crippen molar-refractivity contribution < 1.29 is 23.1 Å². The number of sulfonamides is 1.